The van der Waals surface area contributed by atoms with E-state index in [1.165, 1.54) is 36.4 Å². The lowest BCUT2D eigenvalue weighted by molar-refractivity contribution is -0.196. The van der Waals surface area contributed by atoms with Crippen LogP contribution in [0.2, 0.25) is 0 Å². The molecule has 2 amide bonds. The molecule has 1 aliphatic rings. The van der Waals surface area contributed by atoms with E-state index in [2.05, 4.69) is 0 Å². The second-order valence-electron chi connectivity index (χ2n) is 9.14. The Balaban J connectivity index is 1.89. The van der Waals surface area contributed by atoms with E-state index >= 15 is 0 Å². The van der Waals surface area contributed by atoms with Crippen LogP contribution in [0.15, 0.2) is 64.2 Å². The minimum atomic E-state index is -5.42. The van der Waals surface area contributed by atoms with Gasteiger partial charge in [-0.2, -0.15) is 13.2 Å². The molecule has 3 N–H and O–H groups in total. The molecule has 35 heavy (non-hydrogen) atoms. The van der Waals surface area contributed by atoms with Gasteiger partial charge in [-0.05, 0) is 35.2 Å². The van der Waals surface area contributed by atoms with Crippen molar-refractivity contribution in [3.05, 3.63) is 92.1 Å². The second-order valence-corrected chi connectivity index (χ2v) is 9.14. The number of halogens is 3. The van der Waals surface area contributed by atoms with Crippen LogP contribution in [0.4, 0.5) is 19.0 Å². The smallest absolute Gasteiger partial charge is 0.326 e. The van der Waals surface area contributed by atoms with Crippen molar-refractivity contribution in [3.8, 4) is 5.69 Å². The van der Waals surface area contributed by atoms with Crippen LogP contribution >= 0.6 is 0 Å². The molecule has 2 aromatic carbocycles. The van der Waals surface area contributed by atoms with Gasteiger partial charge in [0.2, 0.25) is 0 Å². The lowest BCUT2D eigenvalue weighted by atomic mass is 9.86. The van der Waals surface area contributed by atoms with Gasteiger partial charge in [-0.3, -0.25) is 19.4 Å². The summed E-state index contributed by atoms with van der Waals surface area (Å²) in [6.45, 7) is 5.79. The van der Waals surface area contributed by atoms with Crippen molar-refractivity contribution in [2.45, 2.75) is 37.9 Å². The van der Waals surface area contributed by atoms with E-state index < -0.39 is 46.2 Å². The second kappa shape index (κ2) is 7.97. The predicted octanol–water partition coefficient (Wildman–Crippen LogP) is 2.96. The van der Waals surface area contributed by atoms with E-state index in [-0.39, 0.29) is 16.7 Å². The number of para-hydroxylation sites is 1. The molecule has 11 heteroatoms. The lowest BCUT2D eigenvalue weighted by Gasteiger charge is -2.30. The topological polar surface area (TPSA) is 113 Å². The maximum absolute atomic E-state index is 14.5. The molecule has 1 aromatic heterocycles. The fourth-order valence-corrected chi connectivity index (χ4v) is 3.97. The molecule has 182 valence electrons. The number of alkyl halides is 3. The molecule has 3 aromatic rings. The van der Waals surface area contributed by atoms with E-state index in [1.807, 2.05) is 31.1 Å². The molecule has 1 atom stereocenters. The monoisotopic (exact) mass is 486 g/mol. The van der Waals surface area contributed by atoms with Crippen LogP contribution < -0.4 is 21.9 Å². The Morgan fingerprint density at radius 3 is 2.09 bits per heavy atom. The number of H-pyrrole nitrogens is 1. The summed E-state index contributed by atoms with van der Waals surface area (Å²) in [6, 6.07) is 13.3. The summed E-state index contributed by atoms with van der Waals surface area (Å²) in [7, 11) is 0. The minimum absolute atomic E-state index is 0.104. The highest BCUT2D eigenvalue weighted by Crippen LogP contribution is 2.45. The van der Waals surface area contributed by atoms with Crippen molar-refractivity contribution in [2.75, 3.05) is 5.32 Å². The van der Waals surface area contributed by atoms with Gasteiger partial charge in [-0.15, -0.1) is 0 Å². The molecule has 0 saturated heterocycles. The molecule has 1 aliphatic heterocycles. The summed E-state index contributed by atoms with van der Waals surface area (Å²) in [5.74, 6) is -3.60. The molecular weight excluding hydrogens is 465 g/mol. The number of carbonyl (C=O) groups excluding carboxylic acids is 2. The van der Waals surface area contributed by atoms with Crippen molar-refractivity contribution < 1.29 is 22.8 Å². The summed E-state index contributed by atoms with van der Waals surface area (Å²) >= 11 is 0. The Labute approximate surface area is 196 Å². The zero-order chi connectivity index (χ0) is 25.8. The first-order valence-corrected chi connectivity index (χ1v) is 10.5. The first-order chi connectivity index (χ1) is 16.3. The number of rotatable bonds is 3. The normalized spacial score (nSPS) is 17.6. The summed E-state index contributed by atoms with van der Waals surface area (Å²) in [5.41, 5.74) is -6.81. The standard InChI is InChI=1S/C24H21F3N4O4/c1-22(2,3)14-11-9-13(10-12-14)18(32)30-23(24(25,26)27)16-17(28-20(23)34)31(21(35)29-19(16)33)15-7-5-4-6-8-15/h4-12H,1-3H3,(H,28,34)(H,30,32)(H,29,33,35)/t23-/m1/s1. The maximum Gasteiger partial charge on any atom is 0.425 e. The number of nitrogens with one attached hydrogen (secondary N) is 3. The molecule has 8 nitrogen and oxygen atoms in total. The zero-order valence-corrected chi connectivity index (χ0v) is 18.9. The van der Waals surface area contributed by atoms with Crippen LogP contribution in [-0.2, 0) is 15.7 Å². The minimum Gasteiger partial charge on any atom is -0.326 e. The van der Waals surface area contributed by atoms with Crippen LogP contribution in [0.3, 0.4) is 0 Å². The molecule has 0 unspecified atom stereocenters. The molecule has 0 spiro atoms. The fourth-order valence-electron chi connectivity index (χ4n) is 3.97. The van der Waals surface area contributed by atoms with Crippen molar-refractivity contribution in [3.63, 3.8) is 0 Å². The van der Waals surface area contributed by atoms with E-state index in [1.54, 1.807) is 23.5 Å². The molecule has 0 bridgehead atoms. The third kappa shape index (κ3) is 3.82. The summed E-state index contributed by atoms with van der Waals surface area (Å²) in [5, 5.41) is 3.74. The molecule has 2 heterocycles. The lowest BCUT2D eigenvalue weighted by Crippen LogP contribution is -2.62. The molecule has 0 saturated carbocycles. The van der Waals surface area contributed by atoms with Crippen LogP contribution in [0.1, 0.15) is 42.3 Å². The van der Waals surface area contributed by atoms with Gasteiger partial charge in [0.1, 0.15) is 11.4 Å². The highest BCUT2D eigenvalue weighted by atomic mass is 19.4. The van der Waals surface area contributed by atoms with Gasteiger partial charge in [0.05, 0.1) is 5.69 Å². The van der Waals surface area contributed by atoms with Crippen LogP contribution in [-0.4, -0.2) is 27.5 Å². The summed E-state index contributed by atoms with van der Waals surface area (Å²) < 4.78 is 44.4. The maximum atomic E-state index is 14.5. The van der Waals surface area contributed by atoms with Gasteiger partial charge < -0.3 is 10.6 Å². The third-order valence-corrected chi connectivity index (χ3v) is 5.81. The van der Waals surface area contributed by atoms with Gasteiger partial charge >= 0.3 is 11.9 Å². The first-order valence-electron chi connectivity index (χ1n) is 10.5. The molecule has 4 rings (SSSR count). The van der Waals surface area contributed by atoms with Crippen molar-refractivity contribution in [1.29, 1.82) is 0 Å². The van der Waals surface area contributed by atoms with Gasteiger partial charge in [0, 0.05) is 5.56 Å². The Morgan fingerprint density at radius 2 is 1.54 bits per heavy atom. The van der Waals surface area contributed by atoms with Crippen LogP contribution in [0.5, 0.6) is 0 Å². The number of aromatic amines is 1. The van der Waals surface area contributed by atoms with E-state index in [9.17, 15) is 32.3 Å². The van der Waals surface area contributed by atoms with Crippen molar-refractivity contribution in [1.82, 2.24) is 14.9 Å². The number of amides is 2. The zero-order valence-electron chi connectivity index (χ0n) is 18.9. The van der Waals surface area contributed by atoms with Crippen LogP contribution in [0, 0.1) is 0 Å². The first kappa shape index (κ1) is 24.0. The number of hydrogen-bond donors (Lipinski definition) is 3. The third-order valence-electron chi connectivity index (χ3n) is 5.81. The highest BCUT2D eigenvalue weighted by molar-refractivity contribution is 6.09. The number of anilines is 1. The number of benzene rings is 2. The number of fused-ring (bicyclic) bond motifs is 1. The van der Waals surface area contributed by atoms with Crippen molar-refractivity contribution >= 4 is 17.6 Å². The Kier molecular flexibility index (Phi) is 5.46. The molecular formula is C24H21F3N4O4. The largest absolute Gasteiger partial charge is 0.425 e. The Hall–Kier alpha value is -4.15. The summed E-state index contributed by atoms with van der Waals surface area (Å²) in [6.07, 6.45) is -5.42. The quantitative estimate of drug-likeness (QED) is 0.528. The summed E-state index contributed by atoms with van der Waals surface area (Å²) in [4.78, 5) is 52.8. The average Bonchev–Trinajstić information content (AvgIpc) is 3.07. The molecule has 0 radical (unpaired) electrons. The Bertz CT molecular complexity index is 1440. The van der Waals surface area contributed by atoms with E-state index in [0.717, 1.165) is 10.1 Å². The van der Waals surface area contributed by atoms with Gasteiger partial charge in [-0.25, -0.2) is 9.36 Å². The van der Waals surface area contributed by atoms with Gasteiger partial charge in [0.15, 0.2) is 0 Å². The van der Waals surface area contributed by atoms with Crippen LogP contribution in [0.25, 0.3) is 5.69 Å². The molecule has 0 aliphatic carbocycles. The van der Waals surface area contributed by atoms with Crippen molar-refractivity contribution in [2.24, 2.45) is 0 Å². The predicted molar refractivity (Wildman–Crippen MR) is 122 cm³/mol. The van der Waals surface area contributed by atoms with E-state index in [0.29, 0.717) is 0 Å². The number of carbonyl (C=O) groups is 2. The Morgan fingerprint density at radius 1 is 0.943 bits per heavy atom. The van der Waals surface area contributed by atoms with Gasteiger partial charge in [0.25, 0.3) is 22.9 Å². The fraction of sp³-hybridized carbons (Fsp3) is 0.250. The SMILES string of the molecule is CC(C)(C)c1ccc(C(=O)N[C@@]2(C(F)(F)F)C(=O)Nc3c2c(=O)[nH]c(=O)n3-c2ccccc2)cc1. The van der Waals surface area contributed by atoms with Gasteiger partial charge in [-0.1, -0.05) is 51.1 Å². The van der Waals surface area contributed by atoms with E-state index in [4.69, 9.17) is 0 Å². The average molecular weight is 486 g/mol. The highest BCUT2D eigenvalue weighted by Gasteiger charge is 2.68. The number of hydrogen-bond acceptors (Lipinski definition) is 4. The molecule has 0 fully saturated rings. The number of aromatic nitrogens is 2. The number of nitrogens with zero attached hydrogens (tertiary/aromatic N) is 1.